The molecule has 0 unspecified atom stereocenters. The van der Waals surface area contributed by atoms with Crippen molar-refractivity contribution in [1.29, 1.82) is 0 Å². The van der Waals surface area contributed by atoms with Crippen molar-refractivity contribution in [2.45, 2.75) is 17.6 Å². The summed E-state index contributed by atoms with van der Waals surface area (Å²) in [5, 5.41) is 13.2. The fourth-order valence-electron chi connectivity index (χ4n) is 3.45. The smallest absolute Gasteiger partial charge is 0.416 e. The molecule has 1 aromatic heterocycles. The zero-order valence-electron chi connectivity index (χ0n) is 16.3. The minimum atomic E-state index is -4.59. The van der Waals surface area contributed by atoms with E-state index in [-0.39, 0.29) is 34.2 Å². The second kappa shape index (κ2) is 7.80. The van der Waals surface area contributed by atoms with Gasteiger partial charge in [-0.2, -0.15) is 21.6 Å². The van der Waals surface area contributed by atoms with Crippen molar-refractivity contribution < 1.29 is 36.0 Å². The Balaban J connectivity index is 1.98. The lowest BCUT2D eigenvalue weighted by Crippen LogP contribution is -2.28. The Morgan fingerprint density at radius 2 is 1.88 bits per heavy atom. The van der Waals surface area contributed by atoms with Crippen molar-refractivity contribution in [2.75, 3.05) is 12.0 Å². The predicted molar refractivity (Wildman–Crippen MR) is 111 cm³/mol. The molecule has 2 N–H and O–H groups in total. The number of rotatable bonds is 4. The van der Waals surface area contributed by atoms with Gasteiger partial charge in [-0.1, -0.05) is 6.07 Å². The first-order chi connectivity index (χ1) is 15.0. The molecule has 3 aromatic rings. The fraction of sp³-hybridized carbons (Fsp3) is 0.150. The quantitative estimate of drug-likeness (QED) is 0.517. The summed E-state index contributed by atoms with van der Waals surface area (Å²) in [6.45, 7) is 0.0183. The number of anilines is 1. The third kappa shape index (κ3) is 3.92. The SMILES string of the molecule is COc1cc(C(F)(F)F)ccc1C1=C(O)N(c2nccs2)Cc2cc(S(=O)(=O)O)ccc21. The van der Waals surface area contributed by atoms with Gasteiger partial charge >= 0.3 is 6.18 Å². The number of alkyl halides is 3. The van der Waals surface area contributed by atoms with Crippen molar-refractivity contribution in [3.05, 3.63) is 76.1 Å². The highest BCUT2D eigenvalue weighted by Crippen LogP contribution is 2.43. The van der Waals surface area contributed by atoms with E-state index in [9.17, 15) is 31.2 Å². The Morgan fingerprint density at radius 1 is 1.16 bits per heavy atom. The Kier molecular flexibility index (Phi) is 5.39. The molecule has 7 nitrogen and oxygen atoms in total. The number of halogens is 3. The van der Waals surface area contributed by atoms with Gasteiger partial charge < -0.3 is 9.84 Å². The lowest BCUT2D eigenvalue weighted by atomic mass is 9.90. The van der Waals surface area contributed by atoms with E-state index >= 15 is 0 Å². The minimum absolute atomic E-state index is 0.0183. The Morgan fingerprint density at radius 3 is 2.47 bits per heavy atom. The number of methoxy groups -OCH3 is 1. The molecule has 32 heavy (non-hydrogen) atoms. The van der Waals surface area contributed by atoms with E-state index in [1.54, 1.807) is 5.38 Å². The third-order valence-electron chi connectivity index (χ3n) is 4.90. The number of thiazole rings is 1. The van der Waals surface area contributed by atoms with E-state index in [0.717, 1.165) is 18.2 Å². The van der Waals surface area contributed by atoms with Crippen molar-refractivity contribution in [1.82, 2.24) is 4.98 Å². The van der Waals surface area contributed by atoms with E-state index in [2.05, 4.69) is 4.98 Å². The normalized spacial score (nSPS) is 14.5. The van der Waals surface area contributed by atoms with Gasteiger partial charge in [0.1, 0.15) is 5.75 Å². The van der Waals surface area contributed by atoms with Gasteiger partial charge in [0.25, 0.3) is 10.1 Å². The maximum absolute atomic E-state index is 13.2. The molecule has 12 heteroatoms. The number of fused-ring (bicyclic) bond motifs is 1. The van der Waals surface area contributed by atoms with Crippen LogP contribution in [0, 0.1) is 0 Å². The van der Waals surface area contributed by atoms with Crippen LogP contribution < -0.4 is 9.64 Å². The molecule has 2 aromatic carbocycles. The lowest BCUT2D eigenvalue weighted by molar-refractivity contribution is -0.137. The van der Waals surface area contributed by atoms with E-state index < -0.39 is 21.9 Å². The number of ether oxygens (including phenoxy) is 1. The Bertz CT molecular complexity index is 1320. The second-order valence-corrected chi connectivity index (χ2v) is 9.10. The Hall–Kier alpha value is -3.09. The first kappa shape index (κ1) is 22.1. The molecule has 0 atom stereocenters. The standard InChI is InChI=1S/C20H15F3N2O5S2/c1-30-16-9-12(20(21,22)23)2-4-15(16)17-14-5-3-13(32(27,28)29)8-11(14)10-25(18(17)26)19-24-6-7-31-19/h2-9,26H,10H2,1H3,(H,27,28,29). The number of aliphatic hydroxyl groups is 1. The summed E-state index contributed by atoms with van der Waals surface area (Å²) in [6, 6.07) is 6.64. The molecule has 1 aliphatic heterocycles. The van der Waals surface area contributed by atoms with E-state index in [1.807, 2.05) is 0 Å². The molecule has 4 rings (SSSR count). The van der Waals surface area contributed by atoms with Crippen LogP contribution in [0.25, 0.3) is 5.57 Å². The van der Waals surface area contributed by atoms with Crippen LogP contribution in [0.15, 0.2) is 58.8 Å². The predicted octanol–water partition coefficient (Wildman–Crippen LogP) is 4.71. The highest BCUT2D eigenvalue weighted by atomic mass is 32.2. The summed E-state index contributed by atoms with van der Waals surface area (Å²) in [4.78, 5) is 5.20. The first-order valence-corrected chi connectivity index (χ1v) is 11.3. The summed E-state index contributed by atoms with van der Waals surface area (Å²) < 4.78 is 77.4. The molecular weight excluding hydrogens is 469 g/mol. The van der Waals surface area contributed by atoms with Gasteiger partial charge in [0.05, 0.1) is 29.7 Å². The molecule has 0 spiro atoms. The van der Waals surface area contributed by atoms with Crippen molar-refractivity contribution >= 4 is 32.2 Å². The molecule has 168 valence electrons. The number of aromatic nitrogens is 1. The summed E-state index contributed by atoms with van der Waals surface area (Å²) >= 11 is 1.20. The van der Waals surface area contributed by atoms with Crippen molar-refractivity contribution in [3.63, 3.8) is 0 Å². The van der Waals surface area contributed by atoms with E-state index in [0.29, 0.717) is 16.3 Å². The minimum Gasteiger partial charge on any atom is -0.496 e. The molecule has 0 amide bonds. The number of hydrogen-bond donors (Lipinski definition) is 2. The average Bonchev–Trinajstić information content (AvgIpc) is 3.26. The zero-order chi connectivity index (χ0) is 23.3. The summed E-state index contributed by atoms with van der Waals surface area (Å²) in [5.74, 6) is -0.419. The molecule has 0 fully saturated rings. The first-order valence-electron chi connectivity index (χ1n) is 8.97. The van der Waals surface area contributed by atoms with Gasteiger partial charge in [-0.25, -0.2) is 4.98 Å². The molecular formula is C20H15F3N2O5S2. The molecule has 0 bridgehead atoms. The number of benzene rings is 2. The van der Waals surface area contributed by atoms with Crippen LogP contribution in [0.1, 0.15) is 22.3 Å². The molecule has 0 saturated heterocycles. The van der Waals surface area contributed by atoms with Gasteiger partial charge in [-0.05, 0) is 41.5 Å². The van der Waals surface area contributed by atoms with E-state index in [1.165, 1.54) is 47.7 Å². The van der Waals surface area contributed by atoms with Crippen LogP contribution in [0.5, 0.6) is 5.75 Å². The van der Waals surface area contributed by atoms with Gasteiger partial charge in [-0.3, -0.25) is 9.45 Å². The van der Waals surface area contributed by atoms with Crippen LogP contribution in [-0.4, -0.2) is 30.2 Å². The third-order valence-corrected chi connectivity index (χ3v) is 6.54. The van der Waals surface area contributed by atoms with Gasteiger partial charge in [0, 0.05) is 17.1 Å². The molecule has 0 aliphatic carbocycles. The van der Waals surface area contributed by atoms with Gasteiger partial charge in [0.2, 0.25) is 5.88 Å². The van der Waals surface area contributed by atoms with Crippen molar-refractivity contribution in [2.24, 2.45) is 0 Å². The molecule has 0 saturated carbocycles. The van der Waals surface area contributed by atoms with Crippen LogP contribution >= 0.6 is 11.3 Å². The van der Waals surface area contributed by atoms with Gasteiger partial charge in [0.15, 0.2) is 5.13 Å². The topological polar surface area (TPSA) is 100.0 Å². The number of hydrogen-bond acceptors (Lipinski definition) is 7. The maximum atomic E-state index is 13.2. The largest absolute Gasteiger partial charge is 0.496 e. The highest BCUT2D eigenvalue weighted by Gasteiger charge is 2.34. The van der Waals surface area contributed by atoms with Crippen LogP contribution in [0.2, 0.25) is 0 Å². The molecule has 2 heterocycles. The van der Waals surface area contributed by atoms with Crippen LogP contribution in [0.4, 0.5) is 18.3 Å². The number of nitrogens with zero attached hydrogens (tertiary/aromatic N) is 2. The lowest BCUT2D eigenvalue weighted by Gasteiger charge is -2.31. The zero-order valence-corrected chi connectivity index (χ0v) is 17.9. The molecule has 1 aliphatic rings. The van der Waals surface area contributed by atoms with Crippen LogP contribution in [0.3, 0.4) is 0 Å². The summed E-state index contributed by atoms with van der Waals surface area (Å²) in [6.07, 6.45) is -3.08. The van der Waals surface area contributed by atoms with Crippen molar-refractivity contribution in [3.8, 4) is 5.75 Å². The monoisotopic (exact) mass is 484 g/mol. The summed E-state index contributed by atoms with van der Waals surface area (Å²) in [5.41, 5.74) is 0.160. The maximum Gasteiger partial charge on any atom is 0.416 e. The van der Waals surface area contributed by atoms with Crippen LogP contribution in [-0.2, 0) is 22.8 Å². The van der Waals surface area contributed by atoms with Gasteiger partial charge in [-0.15, -0.1) is 11.3 Å². The second-order valence-electron chi connectivity index (χ2n) is 6.81. The highest BCUT2D eigenvalue weighted by molar-refractivity contribution is 7.85. The average molecular weight is 484 g/mol. The molecule has 0 radical (unpaired) electrons. The summed E-state index contributed by atoms with van der Waals surface area (Å²) in [7, 11) is -3.29. The van der Waals surface area contributed by atoms with E-state index in [4.69, 9.17) is 4.74 Å². The fourth-order valence-corrected chi connectivity index (χ4v) is 4.63. The number of aliphatic hydroxyl groups excluding tert-OH is 1. The Labute approximate surface area is 184 Å².